The Kier molecular flexibility index (Phi) is 4.91. The van der Waals surface area contributed by atoms with Crippen molar-refractivity contribution in [1.82, 2.24) is 14.8 Å². The smallest absolute Gasteiger partial charge is 0.335 e. The Balaban J connectivity index is 2.58. The van der Waals surface area contributed by atoms with Gasteiger partial charge in [-0.3, -0.25) is 4.68 Å². The quantitative estimate of drug-likeness (QED) is 0.700. The first-order valence-corrected chi connectivity index (χ1v) is 5.40. The van der Waals surface area contributed by atoms with Gasteiger partial charge in [0.05, 0.1) is 6.61 Å². The second-order valence-corrected chi connectivity index (χ2v) is 3.37. The van der Waals surface area contributed by atoms with Crippen molar-refractivity contribution in [3.05, 3.63) is 12.2 Å². The van der Waals surface area contributed by atoms with E-state index < -0.39 is 12.1 Å². The molecular formula is C10H17N3O3. The van der Waals surface area contributed by atoms with Crippen LogP contribution in [0.4, 0.5) is 0 Å². The zero-order chi connectivity index (χ0) is 12.0. The van der Waals surface area contributed by atoms with E-state index >= 15 is 0 Å². The lowest BCUT2D eigenvalue weighted by atomic mass is 10.2. The standard InChI is InChI=1S/C10H17N3O3/c1-3-5-13-9(11-7-12-13)6-8(14)10(15)16-4-2/h7-8,14H,3-6H2,1-2H3. The molecule has 0 aliphatic rings. The van der Waals surface area contributed by atoms with Crippen molar-refractivity contribution in [1.29, 1.82) is 0 Å². The minimum Gasteiger partial charge on any atom is -0.464 e. The molecule has 1 heterocycles. The molecule has 0 saturated heterocycles. The summed E-state index contributed by atoms with van der Waals surface area (Å²) in [6.07, 6.45) is 1.31. The van der Waals surface area contributed by atoms with Crippen molar-refractivity contribution < 1.29 is 14.6 Å². The van der Waals surface area contributed by atoms with Gasteiger partial charge in [-0.25, -0.2) is 9.78 Å². The number of aliphatic hydroxyl groups is 1. The van der Waals surface area contributed by atoms with Crippen LogP contribution in [0.2, 0.25) is 0 Å². The summed E-state index contributed by atoms with van der Waals surface area (Å²) < 4.78 is 6.39. The first kappa shape index (κ1) is 12.6. The maximum Gasteiger partial charge on any atom is 0.335 e. The van der Waals surface area contributed by atoms with E-state index in [4.69, 9.17) is 4.74 Å². The Morgan fingerprint density at radius 3 is 3.00 bits per heavy atom. The number of hydrogen-bond acceptors (Lipinski definition) is 5. The van der Waals surface area contributed by atoms with Crippen molar-refractivity contribution in [2.75, 3.05) is 6.61 Å². The van der Waals surface area contributed by atoms with Gasteiger partial charge in [0, 0.05) is 13.0 Å². The first-order valence-electron chi connectivity index (χ1n) is 5.40. The predicted molar refractivity (Wildman–Crippen MR) is 56.7 cm³/mol. The summed E-state index contributed by atoms with van der Waals surface area (Å²) in [4.78, 5) is 15.2. The zero-order valence-electron chi connectivity index (χ0n) is 9.59. The van der Waals surface area contributed by atoms with Crippen LogP contribution in [0.1, 0.15) is 26.1 Å². The SMILES string of the molecule is CCCn1ncnc1CC(O)C(=O)OCC. The molecule has 0 aliphatic heterocycles. The predicted octanol–water partition coefficient (Wildman–Crippen LogP) is 0.155. The van der Waals surface area contributed by atoms with Gasteiger partial charge in [0.2, 0.25) is 0 Å². The molecule has 0 spiro atoms. The van der Waals surface area contributed by atoms with Gasteiger partial charge >= 0.3 is 5.97 Å². The first-order chi connectivity index (χ1) is 7.69. The third kappa shape index (κ3) is 3.30. The highest BCUT2D eigenvalue weighted by molar-refractivity contribution is 5.74. The Hall–Kier alpha value is -1.43. The van der Waals surface area contributed by atoms with Crippen LogP contribution in [-0.2, 0) is 22.5 Å². The molecule has 0 aromatic carbocycles. The van der Waals surface area contributed by atoms with Gasteiger partial charge in [0.1, 0.15) is 12.2 Å². The number of esters is 1. The average molecular weight is 227 g/mol. The number of hydrogen-bond donors (Lipinski definition) is 1. The molecule has 6 heteroatoms. The summed E-state index contributed by atoms with van der Waals surface area (Å²) in [7, 11) is 0. The van der Waals surface area contributed by atoms with E-state index in [0.29, 0.717) is 5.82 Å². The molecule has 1 N–H and O–H groups in total. The fourth-order valence-corrected chi connectivity index (χ4v) is 1.34. The number of nitrogens with zero attached hydrogens (tertiary/aromatic N) is 3. The molecule has 0 radical (unpaired) electrons. The van der Waals surface area contributed by atoms with E-state index in [2.05, 4.69) is 10.1 Å². The fourth-order valence-electron chi connectivity index (χ4n) is 1.34. The number of aromatic nitrogens is 3. The molecule has 6 nitrogen and oxygen atoms in total. The molecule has 1 rings (SSSR count). The van der Waals surface area contributed by atoms with Crippen LogP contribution >= 0.6 is 0 Å². The lowest BCUT2D eigenvalue weighted by Gasteiger charge is -2.09. The number of carbonyl (C=O) groups is 1. The molecule has 0 bridgehead atoms. The molecule has 0 saturated carbocycles. The van der Waals surface area contributed by atoms with Crippen molar-refractivity contribution in [2.45, 2.75) is 39.3 Å². The van der Waals surface area contributed by atoms with Gasteiger partial charge in [-0.1, -0.05) is 6.92 Å². The van der Waals surface area contributed by atoms with Gasteiger partial charge < -0.3 is 9.84 Å². The third-order valence-electron chi connectivity index (χ3n) is 2.07. The van der Waals surface area contributed by atoms with Gasteiger partial charge in [-0.2, -0.15) is 5.10 Å². The molecule has 1 atom stereocenters. The van der Waals surface area contributed by atoms with E-state index in [1.807, 2.05) is 6.92 Å². The van der Waals surface area contributed by atoms with Crippen LogP contribution in [0.25, 0.3) is 0 Å². The number of carbonyl (C=O) groups excluding carboxylic acids is 1. The van der Waals surface area contributed by atoms with Crippen molar-refractivity contribution in [2.24, 2.45) is 0 Å². The monoisotopic (exact) mass is 227 g/mol. The molecule has 0 aliphatic carbocycles. The normalized spacial score (nSPS) is 12.4. The average Bonchev–Trinajstić information content (AvgIpc) is 2.67. The van der Waals surface area contributed by atoms with Crippen LogP contribution in [-0.4, -0.2) is 38.6 Å². The van der Waals surface area contributed by atoms with E-state index in [1.54, 1.807) is 11.6 Å². The highest BCUT2D eigenvalue weighted by atomic mass is 16.5. The topological polar surface area (TPSA) is 77.2 Å². The second-order valence-electron chi connectivity index (χ2n) is 3.37. The van der Waals surface area contributed by atoms with E-state index in [1.165, 1.54) is 6.33 Å². The van der Waals surface area contributed by atoms with Crippen LogP contribution in [0.5, 0.6) is 0 Å². The lowest BCUT2D eigenvalue weighted by molar-refractivity contribution is -0.152. The molecule has 0 amide bonds. The Labute approximate surface area is 94.2 Å². The largest absolute Gasteiger partial charge is 0.464 e. The maximum absolute atomic E-state index is 11.2. The fraction of sp³-hybridized carbons (Fsp3) is 0.700. The summed E-state index contributed by atoms with van der Waals surface area (Å²) in [6, 6.07) is 0. The van der Waals surface area contributed by atoms with Crippen LogP contribution in [0.15, 0.2) is 6.33 Å². The van der Waals surface area contributed by atoms with Gasteiger partial charge in [-0.05, 0) is 13.3 Å². The Bertz CT molecular complexity index is 338. The molecular weight excluding hydrogens is 210 g/mol. The van der Waals surface area contributed by atoms with Gasteiger partial charge in [-0.15, -0.1) is 0 Å². The molecule has 1 unspecified atom stereocenters. The van der Waals surface area contributed by atoms with E-state index in [9.17, 15) is 9.90 Å². The second kappa shape index (κ2) is 6.22. The molecule has 1 aromatic rings. The molecule has 1 aromatic heterocycles. The summed E-state index contributed by atoms with van der Waals surface area (Å²) >= 11 is 0. The van der Waals surface area contributed by atoms with Gasteiger partial charge in [0.25, 0.3) is 0 Å². The Morgan fingerprint density at radius 1 is 1.62 bits per heavy atom. The third-order valence-corrected chi connectivity index (χ3v) is 2.07. The van der Waals surface area contributed by atoms with E-state index in [0.717, 1.165) is 13.0 Å². The van der Waals surface area contributed by atoms with Crippen LogP contribution in [0.3, 0.4) is 0 Å². The summed E-state index contributed by atoms with van der Waals surface area (Å²) in [6.45, 7) is 4.71. The van der Waals surface area contributed by atoms with E-state index in [-0.39, 0.29) is 13.0 Å². The highest BCUT2D eigenvalue weighted by Gasteiger charge is 2.19. The molecule has 90 valence electrons. The van der Waals surface area contributed by atoms with Crippen molar-refractivity contribution in [3.63, 3.8) is 0 Å². The lowest BCUT2D eigenvalue weighted by Crippen LogP contribution is -2.27. The van der Waals surface area contributed by atoms with Gasteiger partial charge in [0.15, 0.2) is 6.10 Å². The minimum atomic E-state index is -1.17. The molecule has 0 fully saturated rings. The number of ether oxygens (including phenoxy) is 1. The van der Waals surface area contributed by atoms with Crippen molar-refractivity contribution in [3.8, 4) is 0 Å². The van der Waals surface area contributed by atoms with Crippen LogP contribution < -0.4 is 0 Å². The summed E-state index contributed by atoms with van der Waals surface area (Å²) in [5, 5.41) is 13.6. The highest BCUT2D eigenvalue weighted by Crippen LogP contribution is 2.02. The molecule has 16 heavy (non-hydrogen) atoms. The summed E-state index contributed by atoms with van der Waals surface area (Å²) in [5.41, 5.74) is 0. The minimum absolute atomic E-state index is 0.138. The number of aliphatic hydroxyl groups excluding tert-OH is 1. The maximum atomic E-state index is 11.2. The van der Waals surface area contributed by atoms with Crippen LogP contribution in [0, 0.1) is 0 Å². The number of rotatable bonds is 6. The Morgan fingerprint density at radius 2 is 2.38 bits per heavy atom. The summed E-state index contributed by atoms with van der Waals surface area (Å²) in [5.74, 6) is -0.0176. The number of aryl methyl sites for hydroxylation is 1. The van der Waals surface area contributed by atoms with Crippen molar-refractivity contribution >= 4 is 5.97 Å². The zero-order valence-corrected chi connectivity index (χ0v) is 9.59.